The number of pyridine rings is 1. The Kier molecular flexibility index (Phi) is 4.56. The number of halogens is 1. The lowest BCUT2D eigenvalue weighted by Crippen LogP contribution is -2.47. The van der Waals surface area contributed by atoms with Crippen LogP contribution in [0.25, 0.3) is 0 Å². The molecule has 1 aromatic heterocycles. The van der Waals surface area contributed by atoms with Crippen molar-refractivity contribution >= 4 is 33.5 Å². The van der Waals surface area contributed by atoms with Gasteiger partial charge in [0.2, 0.25) is 0 Å². The van der Waals surface area contributed by atoms with E-state index in [4.69, 9.17) is 5.73 Å². The van der Waals surface area contributed by atoms with Crippen molar-refractivity contribution in [3.63, 3.8) is 0 Å². The van der Waals surface area contributed by atoms with Gasteiger partial charge in [-0.3, -0.25) is 0 Å². The maximum Gasteiger partial charge on any atom is 0.131 e. The molecular weight excluding hydrogens is 310 g/mol. The third-order valence-corrected chi connectivity index (χ3v) is 5.67. The van der Waals surface area contributed by atoms with Gasteiger partial charge in [-0.25, -0.2) is 4.98 Å². The third-order valence-electron chi connectivity index (χ3n) is 3.80. The van der Waals surface area contributed by atoms with E-state index in [1.807, 2.05) is 18.0 Å². The van der Waals surface area contributed by atoms with E-state index in [1.165, 1.54) is 5.56 Å². The average Bonchev–Trinajstić information content (AvgIpc) is 2.39. The molecular formula is C13H20BrN3S. The smallest absolute Gasteiger partial charge is 0.131 e. The maximum absolute atomic E-state index is 5.92. The first kappa shape index (κ1) is 14.2. The molecule has 0 aliphatic carbocycles. The van der Waals surface area contributed by atoms with Crippen molar-refractivity contribution in [2.24, 2.45) is 5.73 Å². The van der Waals surface area contributed by atoms with Crippen molar-refractivity contribution in [2.45, 2.75) is 24.5 Å². The second-order valence-electron chi connectivity index (χ2n) is 4.87. The Hall–Kier alpha value is -0.260. The quantitative estimate of drug-likeness (QED) is 0.925. The van der Waals surface area contributed by atoms with Crippen molar-refractivity contribution in [1.82, 2.24) is 4.98 Å². The van der Waals surface area contributed by atoms with Gasteiger partial charge in [0, 0.05) is 35.1 Å². The SMILES string of the molecule is CSC1(CN)CCN(c2ncc(Br)cc2C)CC1. The minimum atomic E-state index is 0.278. The number of piperidine rings is 1. The van der Waals surface area contributed by atoms with Crippen LogP contribution < -0.4 is 10.6 Å². The summed E-state index contributed by atoms with van der Waals surface area (Å²) >= 11 is 5.38. The minimum Gasteiger partial charge on any atom is -0.356 e. The Labute approximate surface area is 122 Å². The first-order valence-corrected chi connectivity index (χ1v) is 8.24. The highest BCUT2D eigenvalue weighted by Gasteiger charge is 2.33. The second kappa shape index (κ2) is 5.80. The Morgan fingerprint density at radius 3 is 2.67 bits per heavy atom. The number of nitrogens with zero attached hydrogens (tertiary/aromatic N) is 2. The minimum absolute atomic E-state index is 0.278. The summed E-state index contributed by atoms with van der Waals surface area (Å²) in [6.45, 7) is 4.99. The van der Waals surface area contributed by atoms with Crippen LogP contribution in [0.15, 0.2) is 16.7 Å². The van der Waals surface area contributed by atoms with E-state index in [-0.39, 0.29) is 4.75 Å². The summed E-state index contributed by atoms with van der Waals surface area (Å²) in [5.41, 5.74) is 7.15. The monoisotopic (exact) mass is 329 g/mol. The fourth-order valence-electron chi connectivity index (χ4n) is 2.48. The predicted octanol–water partition coefficient (Wildman–Crippen LogP) is 2.81. The van der Waals surface area contributed by atoms with Crippen LogP contribution >= 0.6 is 27.7 Å². The number of nitrogens with two attached hydrogens (primary N) is 1. The maximum atomic E-state index is 5.92. The number of hydrogen-bond donors (Lipinski definition) is 1. The van der Waals surface area contributed by atoms with Gasteiger partial charge in [-0.1, -0.05) is 0 Å². The molecule has 1 aliphatic heterocycles. The van der Waals surface area contributed by atoms with Gasteiger partial charge >= 0.3 is 0 Å². The number of rotatable bonds is 3. The van der Waals surface area contributed by atoms with E-state index in [9.17, 15) is 0 Å². The molecule has 1 aromatic rings. The van der Waals surface area contributed by atoms with Gasteiger partial charge in [0.05, 0.1) is 0 Å². The average molecular weight is 330 g/mol. The molecule has 1 saturated heterocycles. The molecule has 0 saturated carbocycles. The van der Waals surface area contributed by atoms with Crippen LogP contribution in [0.4, 0.5) is 5.82 Å². The molecule has 0 atom stereocenters. The first-order chi connectivity index (χ1) is 8.60. The molecule has 0 radical (unpaired) electrons. The van der Waals surface area contributed by atoms with E-state index in [0.29, 0.717) is 0 Å². The molecule has 2 N–H and O–H groups in total. The van der Waals surface area contributed by atoms with Crippen LogP contribution in [0.3, 0.4) is 0 Å². The van der Waals surface area contributed by atoms with Crippen molar-refractivity contribution in [3.8, 4) is 0 Å². The molecule has 0 aromatic carbocycles. The fourth-order valence-corrected chi connectivity index (χ4v) is 3.69. The van der Waals surface area contributed by atoms with Crippen molar-refractivity contribution < 1.29 is 0 Å². The Morgan fingerprint density at radius 2 is 2.17 bits per heavy atom. The van der Waals surface area contributed by atoms with Gasteiger partial charge < -0.3 is 10.6 Å². The third kappa shape index (κ3) is 2.83. The van der Waals surface area contributed by atoms with Crippen LogP contribution in [-0.4, -0.2) is 35.6 Å². The molecule has 2 rings (SSSR count). The van der Waals surface area contributed by atoms with E-state index in [0.717, 1.165) is 42.8 Å². The molecule has 1 aliphatic rings. The Morgan fingerprint density at radius 1 is 1.50 bits per heavy atom. The molecule has 5 heteroatoms. The summed E-state index contributed by atoms with van der Waals surface area (Å²) in [6.07, 6.45) is 6.33. The van der Waals surface area contributed by atoms with Gasteiger partial charge in [-0.15, -0.1) is 0 Å². The highest BCUT2D eigenvalue weighted by atomic mass is 79.9. The fraction of sp³-hybridized carbons (Fsp3) is 0.615. The molecule has 18 heavy (non-hydrogen) atoms. The van der Waals surface area contributed by atoms with Crippen LogP contribution in [0.5, 0.6) is 0 Å². The van der Waals surface area contributed by atoms with Gasteiger partial charge in [-0.2, -0.15) is 11.8 Å². The first-order valence-electron chi connectivity index (χ1n) is 6.22. The molecule has 0 amide bonds. The zero-order valence-corrected chi connectivity index (χ0v) is 13.4. The zero-order valence-electron chi connectivity index (χ0n) is 10.9. The molecule has 1 fully saturated rings. The molecule has 0 bridgehead atoms. The van der Waals surface area contributed by atoms with Gasteiger partial charge in [0.15, 0.2) is 0 Å². The summed E-state index contributed by atoms with van der Waals surface area (Å²) in [5, 5.41) is 0. The van der Waals surface area contributed by atoms with E-state index in [2.05, 4.69) is 45.1 Å². The number of hydrogen-bond acceptors (Lipinski definition) is 4. The summed E-state index contributed by atoms with van der Waals surface area (Å²) in [5.74, 6) is 1.12. The lowest BCUT2D eigenvalue weighted by Gasteiger charge is -2.41. The number of anilines is 1. The second-order valence-corrected chi connectivity index (χ2v) is 7.06. The van der Waals surface area contributed by atoms with Crippen LogP contribution in [0, 0.1) is 6.92 Å². The van der Waals surface area contributed by atoms with Gasteiger partial charge in [0.1, 0.15) is 5.82 Å². The molecule has 3 nitrogen and oxygen atoms in total. The predicted molar refractivity (Wildman–Crippen MR) is 83.4 cm³/mol. The van der Waals surface area contributed by atoms with Crippen molar-refractivity contribution in [3.05, 3.63) is 22.3 Å². The normalized spacial score (nSPS) is 19.0. The summed E-state index contributed by atoms with van der Waals surface area (Å²) < 4.78 is 1.32. The van der Waals surface area contributed by atoms with Crippen molar-refractivity contribution in [1.29, 1.82) is 0 Å². The largest absolute Gasteiger partial charge is 0.356 e. The summed E-state index contributed by atoms with van der Waals surface area (Å²) in [4.78, 5) is 6.92. The van der Waals surface area contributed by atoms with Crippen LogP contribution in [0.1, 0.15) is 18.4 Å². The number of thioether (sulfide) groups is 1. The highest BCUT2D eigenvalue weighted by molar-refractivity contribution is 9.10. The standard InChI is InChI=1S/C13H20BrN3S/c1-10-7-11(14)8-16-12(10)17-5-3-13(9-15,18-2)4-6-17/h7-8H,3-6,9,15H2,1-2H3. The topological polar surface area (TPSA) is 42.1 Å². The zero-order chi connectivity index (χ0) is 13.2. The van der Waals surface area contributed by atoms with Gasteiger partial charge in [0.25, 0.3) is 0 Å². The van der Waals surface area contributed by atoms with Gasteiger partial charge in [-0.05, 0) is 53.6 Å². The van der Waals surface area contributed by atoms with Crippen molar-refractivity contribution in [2.75, 3.05) is 30.8 Å². The molecule has 2 heterocycles. The lowest BCUT2D eigenvalue weighted by atomic mass is 9.95. The number of aromatic nitrogens is 1. The van der Waals surface area contributed by atoms with Crippen LogP contribution in [-0.2, 0) is 0 Å². The molecule has 0 unspecified atom stereocenters. The van der Waals surface area contributed by atoms with E-state index < -0.39 is 0 Å². The highest BCUT2D eigenvalue weighted by Crippen LogP contribution is 2.35. The summed E-state index contributed by atoms with van der Waals surface area (Å²) in [6, 6.07) is 2.13. The Balaban J connectivity index is 2.10. The Bertz CT molecular complexity index is 411. The van der Waals surface area contributed by atoms with Crippen LogP contribution in [0.2, 0.25) is 0 Å². The molecule has 100 valence electrons. The van der Waals surface area contributed by atoms with E-state index in [1.54, 1.807) is 0 Å². The summed E-state index contributed by atoms with van der Waals surface area (Å²) in [7, 11) is 0. The lowest BCUT2D eigenvalue weighted by molar-refractivity contribution is 0.455. The van der Waals surface area contributed by atoms with E-state index >= 15 is 0 Å². The molecule has 0 spiro atoms. The number of aryl methyl sites for hydroxylation is 1.